The van der Waals surface area contributed by atoms with Crippen molar-refractivity contribution >= 4 is 5.97 Å². The van der Waals surface area contributed by atoms with Crippen LogP contribution in [0.1, 0.15) is 58.8 Å². The number of hydrogen-bond donors (Lipinski definition) is 0. The summed E-state index contributed by atoms with van der Waals surface area (Å²) in [7, 11) is 0. The molecule has 0 aromatic rings. The van der Waals surface area contributed by atoms with Crippen LogP contribution in [0.25, 0.3) is 0 Å². The summed E-state index contributed by atoms with van der Waals surface area (Å²) >= 11 is 0. The van der Waals surface area contributed by atoms with Crippen LogP contribution in [0.4, 0.5) is 26.3 Å². The lowest BCUT2D eigenvalue weighted by molar-refractivity contribution is -0.226. The summed E-state index contributed by atoms with van der Waals surface area (Å²) in [6, 6.07) is 0. The van der Waals surface area contributed by atoms with Crippen molar-refractivity contribution in [1.29, 1.82) is 0 Å². The zero-order valence-electron chi connectivity index (χ0n) is 14.9. The molecular formula is C18H24F6O2. The summed E-state index contributed by atoms with van der Waals surface area (Å²) in [5.74, 6) is -2.50. The lowest BCUT2D eigenvalue weighted by atomic mass is 9.71. The van der Waals surface area contributed by atoms with E-state index in [1.807, 2.05) is 6.92 Å². The number of ether oxygens (including phenoxy) is 1. The highest BCUT2D eigenvalue weighted by atomic mass is 19.4. The number of hydrogen-bond acceptors (Lipinski definition) is 2. The Kier molecular flexibility index (Phi) is 5.48. The average molecular weight is 386 g/mol. The van der Waals surface area contributed by atoms with Crippen LogP contribution in [-0.4, -0.2) is 23.9 Å². The third kappa shape index (κ3) is 3.74. The minimum atomic E-state index is -4.93. The molecule has 2 bridgehead atoms. The molecule has 2 fully saturated rings. The molecule has 0 aliphatic heterocycles. The van der Waals surface area contributed by atoms with Gasteiger partial charge in [0.15, 0.2) is 0 Å². The maximum Gasteiger partial charge on any atom is 0.422 e. The van der Waals surface area contributed by atoms with Crippen molar-refractivity contribution in [2.45, 2.75) is 76.7 Å². The van der Waals surface area contributed by atoms with E-state index in [1.165, 1.54) is 6.92 Å². The highest BCUT2D eigenvalue weighted by Gasteiger charge is 2.67. The third-order valence-corrected chi connectivity index (χ3v) is 6.15. The van der Waals surface area contributed by atoms with Gasteiger partial charge in [-0.2, -0.15) is 26.3 Å². The highest BCUT2D eigenvalue weighted by molar-refractivity contribution is 5.89. The van der Waals surface area contributed by atoms with E-state index in [0.717, 1.165) is 0 Å². The van der Waals surface area contributed by atoms with Crippen LogP contribution in [0.15, 0.2) is 12.2 Å². The second kappa shape index (κ2) is 6.75. The van der Waals surface area contributed by atoms with Gasteiger partial charge >= 0.3 is 18.3 Å². The Balaban J connectivity index is 2.25. The Morgan fingerprint density at radius 1 is 1.19 bits per heavy atom. The molecule has 8 heteroatoms. The number of carbonyl (C=O) groups excluding carboxylic acids is 1. The van der Waals surface area contributed by atoms with E-state index < -0.39 is 40.8 Å². The van der Waals surface area contributed by atoms with Crippen molar-refractivity contribution in [3.05, 3.63) is 12.2 Å². The summed E-state index contributed by atoms with van der Waals surface area (Å²) in [5.41, 5.74) is -4.79. The molecule has 2 saturated carbocycles. The van der Waals surface area contributed by atoms with Gasteiger partial charge in [-0.1, -0.05) is 19.9 Å². The molecular weight excluding hydrogens is 362 g/mol. The number of esters is 1. The summed E-state index contributed by atoms with van der Waals surface area (Å²) in [5, 5.41) is 0. The number of carbonyl (C=O) groups is 1. The molecule has 0 aromatic carbocycles. The van der Waals surface area contributed by atoms with E-state index in [2.05, 4.69) is 6.58 Å². The number of alkyl halides is 6. The molecule has 4 unspecified atom stereocenters. The van der Waals surface area contributed by atoms with E-state index in [-0.39, 0.29) is 31.6 Å². The predicted molar refractivity (Wildman–Crippen MR) is 83.2 cm³/mol. The van der Waals surface area contributed by atoms with E-state index in [9.17, 15) is 31.1 Å². The largest absolute Gasteiger partial charge is 0.455 e. The maximum atomic E-state index is 13.5. The molecule has 2 aliphatic rings. The second-order valence-corrected chi connectivity index (χ2v) is 7.87. The van der Waals surface area contributed by atoms with Gasteiger partial charge in [0.05, 0.1) is 5.41 Å². The fourth-order valence-electron chi connectivity index (χ4n) is 4.60. The van der Waals surface area contributed by atoms with Gasteiger partial charge in [0, 0.05) is 5.92 Å². The van der Waals surface area contributed by atoms with Gasteiger partial charge in [-0.15, -0.1) is 0 Å². The lowest BCUT2D eigenvalue weighted by Gasteiger charge is -2.42. The van der Waals surface area contributed by atoms with E-state index in [0.29, 0.717) is 19.3 Å². The second-order valence-electron chi connectivity index (χ2n) is 7.87. The number of rotatable bonds is 6. The van der Waals surface area contributed by atoms with Crippen LogP contribution in [0.2, 0.25) is 0 Å². The first-order valence-corrected chi connectivity index (χ1v) is 8.82. The Labute approximate surface area is 149 Å². The van der Waals surface area contributed by atoms with Crippen LogP contribution >= 0.6 is 0 Å². The minimum absolute atomic E-state index is 0.0325. The molecule has 0 amide bonds. The molecule has 2 nitrogen and oxygen atoms in total. The molecule has 4 atom stereocenters. The van der Waals surface area contributed by atoms with Gasteiger partial charge in [-0.05, 0) is 51.4 Å². The molecule has 0 radical (unpaired) electrons. The molecule has 0 spiro atoms. The molecule has 0 N–H and O–H groups in total. The minimum Gasteiger partial charge on any atom is -0.455 e. The molecule has 0 saturated heterocycles. The Bertz CT molecular complexity index is 567. The summed E-state index contributed by atoms with van der Waals surface area (Å²) in [6.45, 7) is 6.07. The van der Waals surface area contributed by atoms with Crippen molar-refractivity contribution < 1.29 is 35.9 Å². The van der Waals surface area contributed by atoms with Crippen molar-refractivity contribution in [1.82, 2.24) is 0 Å². The first-order valence-electron chi connectivity index (χ1n) is 8.82. The number of halogens is 6. The number of fused-ring (bicyclic) bond motifs is 2. The molecule has 150 valence electrons. The number of unbranched alkanes of at least 4 members (excludes halogenated alkanes) is 1. The van der Waals surface area contributed by atoms with Crippen LogP contribution in [0.3, 0.4) is 0 Å². The molecule has 0 aromatic heterocycles. The van der Waals surface area contributed by atoms with Crippen LogP contribution < -0.4 is 0 Å². The van der Waals surface area contributed by atoms with Gasteiger partial charge in [-0.3, -0.25) is 0 Å². The van der Waals surface area contributed by atoms with Crippen LogP contribution in [0.5, 0.6) is 0 Å². The fourth-order valence-corrected chi connectivity index (χ4v) is 4.60. The summed E-state index contributed by atoms with van der Waals surface area (Å²) in [4.78, 5) is 11.9. The third-order valence-electron chi connectivity index (χ3n) is 6.15. The molecule has 26 heavy (non-hydrogen) atoms. The van der Waals surface area contributed by atoms with Crippen molar-refractivity contribution in [3.8, 4) is 0 Å². The zero-order chi connectivity index (χ0) is 20.0. The topological polar surface area (TPSA) is 26.3 Å². The van der Waals surface area contributed by atoms with Gasteiger partial charge in [-0.25, -0.2) is 4.79 Å². The Morgan fingerprint density at radius 2 is 1.81 bits per heavy atom. The Hall–Kier alpha value is -1.21. The van der Waals surface area contributed by atoms with Gasteiger partial charge in [0.25, 0.3) is 0 Å². The molecule has 2 aliphatic carbocycles. The molecule has 2 rings (SSSR count). The predicted octanol–water partition coefficient (Wildman–Crippen LogP) is 5.97. The summed E-state index contributed by atoms with van der Waals surface area (Å²) < 4.78 is 84.0. The van der Waals surface area contributed by atoms with Crippen molar-refractivity contribution in [2.75, 3.05) is 0 Å². The SMILES string of the molecule is C=C(C(=O)OC(C)(CCCC)C1CC2(C(F)(F)F)CCC1C2)C(F)(F)F. The molecule has 0 heterocycles. The van der Waals surface area contributed by atoms with Gasteiger partial charge < -0.3 is 4.74 Å². The van der Waals surface area contributed by atoms with E-state index in [1.54, 1.807) is 0 Å². The standard InChI is InChI=1S/C18H24F6O2/c1-4-5-7-15(3,26-14(25)11(2)17(19,20)21)13-10-16(18(22,23)24)8-6-12(13)9-16/h12-13H,2,4-10H2,1,3H3. The van der Waals surface area contributed by atoms with Crippen molar-refractivity contribution in [3.63, 3.8) is 0 Å². The lowest BCUT2D eigenvalue weighted by Crippen LogP contribution is -2.45. The quantitative estimate of drug-likeness (QED) is 0.320. The van der Waals surface area contributed by atoms with Crippen LogP contribution in [0, 0.1) is 17.3 Å². The average Bonchev–Trinajstić information content (AvgIpc) is 3.11. The monoisotopic (exact) mass is 386 g/mol. The Morgan fingerprint density at radius 3 is 2.27 bits per heavy atom. The highest BCUT2D eigenvalue weighted by Crippen LogP contribution is 2.66. The van der Waals surface area contributed by atoms with E-state index >= 15 is 0 Å². The first kappa shape index (κ1) is 21.1. The first-order chi connectivity index (χ1) is 11.8. The maximum absolute atomic E-state index is 13.5. The smallest absolute Gasteiger partial charge is 0.422 e. The van der Waals surface area contributed by atoms with Crippen molar-refractivity contribution in [2.24, 2.45) is 17.3 Å². The zero-order valence-corrected chi connectivity index (χ0v) is 14.9. The normalized spacial score (nSPS) is 30.9. The van der Waals surface area contributed by atoms with Gasteiger partial charge in [0.2, 0.25) is 0 Å². The van der Waals surface area contributed by atoms with Gasteiger partial charge in [0.1, 0.15) is 11.2 Å². The van der Waals surface area contributed by atoms with E-state index in [4.69, 9.17) is 4.74 Å². The summed E-state index contributed by atoms with van der Waals surface area (Å²) in [6.07, 6.45) is -7.68. The van der Waals surface area contributed by atoms with Crippen LogP contribution in [-0.2, 0) is 9.53 Å². The fraction of sp³-hybridized carbons (Fsp3) is 0.833.